The van der Waals surface area contributed by atoms with Gasteiger partial charge in [0.2, 0.25) is 0 Å². The van der Waals surface area contributed by atoms with E-state index in [1.165, 1.54) is 0 Å². The number of benzene rings is 1. The predicted molar refractivity (Wildman–Crippen MR) is 56.8 cm³/mol. The van der Waals surface area contributed by atoms with Crippen LogP contribution in [0.25, 0.3) is 0 Å². The van der Waals surface area contributed by atoms with Crippen LogP contribution in [0.15, 0.2) is 12.1 Å². The summed E-state index contributed by atoms with van der Waals surface area (Å²) in [5.74, 6) is 1.07. The van der Waals surface area contributed by atoms with Crippen molar-refractivity contribution >= 4 is 0 Å². The maximum Gasteiger partial charge on any atom is 0.125 e. The van der Waals surface area contributed by atoms with E-state index >= 15 is 0 Å². The molecule has 1 aromatic carbocycles. The minimum absolute atomic E-state index is 0.331. The molecule has 0 spiro atoms. The van der Waals surface area contributed by atoms with Gasteiger partial charge in [-0.25, -0.2) is 0 Å². The third kappa shape index (κ3) is 2.17. The summed E-state index contributed by atoms with van der Waals surface area (Å²) in [5, 5.41) is 9.82. The fraction of sp³-hybridized carbons (Fsp3) is 0.455. The van der Waals surface area contributed by atoms with E-state index in [2.05, 4.69) is 0 Å². The van der Waals surface area contributed by atoms with Crippen molar-refractivity contribution in [3.8, 4) is 11.5 Å². The highest BCUT2D eigenvalue weighted by molar-refractivity contribution is 5.48. The Morgan fingerprint density at radius 3 is 2.71 bits per heavy atom. The zero-order valence-corrected chi connectivity index (χ0v) is 8.71. The van der Waals surface area contributed by atoms with E-state index in [9.17, 15) is 5.11 Å². The van der Waals surface area contributed by atoms with E-state index in [0.29, 0.717) is 12.3 Å². The molecule has 0 saturated heterocycles. The van der Waals surface area contributed by atoms with Crippen molar-refractivity contribution in [3.05, 3.63) is 23.3 Å². The molecule has 78 valence electrons. The van der Waals surface area contributed by atoms with Crippen molar-refractivity contribution in [1.29, 1.82) is 0 Å². The van der Waals surface area contributed by atoms with Crippen LogP contribution >= 0.6 is 0 Å². The van der Waals surface area contributed by atoms with Gasteiger partial charge in [-0.2, -0.15) is 0 Å². The van der Waals surface area contributed by atoms with Crippen LogP contribution in [0, 0.1) is 6.92 Å². The van der Waals surface area contributed by atoms with Crippen molar-refractivity contribution in [3.63, 3.8) is 0 Å². The van der Waals surface area contributed by atoms with E-state index in [-0.39, 0.29) is 0 Å². The van der Waals surface area contributed by atoms with Gasteiger partial charge >= 0.3 is 0 Å². The average Bonchev–Trinajstić information content (AvgIpc) is 2.20. The molecule has 3 heteroatoms. The molecule has 0 aromatic heterocycles. The first-order valence-electron chi connectivity index (χ1n) is 4.76. The summed E-state index contributed by atoms with van der Waals surface area (Å²) in [6, 6.07) is 3.72. The van der Waals surface area contributed by atoms with Crippen LogP contribution in [-0.2, 0) is 6.42 Å². The van der Waals surface area contributed by atoms with Gasteiger partial charge in [0, 0.05) is 5.56 Å². The Labute approximate surface area is 84.5 Å². The third-order valence-electron chi connectivity index (χ3n) is 2.29. The monoisotopic (exact) mass is 195 g/mol. The van der Waals surface area contributed by atoms with Gasteiger partial charge in [-0.3, -0.25) is 0 Å². The second-order valence-corrected chi connectivity index (χ2v) is 3.30. The Morgan fingerprint density at radius 1 is 1.43 bits per heavy atom. The fourth-order valence-electron chi connectivity index (χ4n) is 1.45. The predicted octanol–water partition coefficient (Wildman–Crippen LogP) is 1.60. The molecule has 0 saturated carbocycles. The van der Waals surface area contributed by atoms with Crippen LogP contribution in [0.4, 0.5) is 0 Å². The molecule has 0 amide bonds. The highest BCUT2D eigenvalue weighted by Gasteiger charge is 2.09. The molecule has 0 atom stereocenters. The summed E-state index contributed by atoms with van der Waals surface area (Å²) < 4.78 is 5.18. The molecule has 3 N–H and O–H groups in total. The number of hydrogen-bond acceptors (Lipinski definition) is 3. The SMILES string of the molecule is COc1ccc(C)c(O)c1CCCN. The topological polar surface area (TPSA) is 55.5 Å². The van der Waals surface area contributed by atoms with Gasteiger partial charge in [-0.15, -0.1) is 0 Å². The molecule has 0 heterocycles. The van der Waals surface area contributed by atoms with Crippen LogP contribution in [0.1, 0.15) is 17.5 Å². The third-order valence-corrected chi connectivity index (χ3v) is 2.29. The largest absolute Gasteiger partial charge is 0.507 e. The van der Waals surface area contributed by atoms with Crippen LogP contribution < -0.4 is 10.5 Å². The first-order valence-corrected chi connectivity index (χ1v) is 4.76. The van der Waals surface area contributed by atoms with E-state index in [1.54, 1.807) is 7.11 Å². The first kappa shape index (κ1) is 10.9. The van der Waals surface area contributed by atoms with Gasteiger partial charge in [0.05, 0.1) is 7.11 Å². The molecule has 1 rings (SSSR count). The van der Waals surface area contributed by atoms with Gasteiger partial charge in [0.1, 0.15) is 11.5 Å². The van der Waals surface area contributed by atoms with Gasteiger partial charge in [-0.05, 0) is 37.9 Å². The van der Waals surface area contributed by atoms with E-state index in [1.807, 2.05) is 19.1 Å². The number of methoxy groups -OCH3 is 1. The number of ether oxygens (including phenoxy) is 1. The standard InChI is InChI=1S/C11H17NO2/c1-8-5-6-10(14-2)9(11(8)13)4-3-7-12/h5-6,13H,3-4,7,12H2,1-2H3. The number of nitrogens with two attached hydrogens (primary N) is 1. The highest BCUT2D eigenvalue weighted by Crippen LogP contribution is 2.31. The maximum atomic E-state index is 9.82. The minimum atomic E-state index is 0.331. The number of phenolic OH excluding ortho intramolecular Hbond substituents is 1. The van der Waals surface area contributed by atoms with Gasteiger partial charge in [0.15, 0.2) is 0 Å². The highest BCUT2D eigenvalue weighted by atomic mass is 16.5. The molecule has 3 nitrogen and oxygen atoms in total. The zero-order chi connectivity index (χ0) is 10.6. The average molecular weight is 195 g/mol. The van der Waals surface area contributed by atoms with Crippen LogP contribution in [-0.4, -0.2) is 18.8 Å². The molecule has 0 aliphatic rings. The van der Waals surface area contributed by atoms with Crippen molar-refractivity contribution in [1.82, 2.24) is 0 Å². The normalized spacial score (nSPS) is 10.2. The molecular weight excluding hydrogens is 178 g/mol. The van der Waals surface area contributed by atoms with Crippen LogP contribution in [0.5, 0.6) is 11.5 Å². The van der Waals surface area contributed by atoms with Gasteiger partial charge in [-0.1, -0.05) is 6.07 Å². The molecule has 0 unspecified atom stereocenters. The summed E-state index contributed by atoms with van der Waals surface area (Å²) >= 11 is 0. The molecular formula is C11H17NO2. The van der Waals surface area contributed by atoms with Gasteiger partial charge in [0.25, 0.3) is 0 Å². The van der Waals surface area contributed by atoms with Crippen LogP contribution in [0.2, 0.25) is 0 Å². The quantitative estimate of drug-likeness (QED) is 0.767. The second-order valence-electron chi connectivity index (χ2n) is 3.30. The lowest BCUT2D eigenvalue weighted by molar-refractivity contribution is 0.398. The molecule has 0 bridgehead atoms. The second kappa shape index (κ2) is 4.86. The number of aromatic hydroxyl groups is 1. The molecule has 14 heavy (non-hydrogen) atoms. The van der Waals surface area contributed by atoms with Gasteiger partial charge < -0.3 is 15.6 Å². The summed E-state index contributed by atoms with van der Waals surface area (Å²) in [6.07, 6.45) is 1.61. The Morgan fingerprint density at radius 2 is 2.14 bits per heavy atom. The Balaban J connectivity index is 3.01. The minimum Gasteiger partial charge on any atom is -0.507 e. The Kier molecular flexibility index (Phi) is 3.77. The van der Waals surface area contributed by atoms with Crippen molar-refractivity contribution in [2.45, 2.75) is 19.8 Å². The molecule has 1 aromatic rings. The number of hydrogen-bond donors (Lipinski definition) is 2. The summed E-state index contributed by atoms with van der Waals surface area (Å²) in [4.78, 5) is 0. The first-order chi connectivity index (χ1) is 6.70. The Bertz CT molecular complexity index is 310. The fourth-order valence-corrected chi connectivity index (χ4v) is 1.45. The zero-order valence-electron chi connectivity index (χ0n) is 8.71. The van der Waals surface area contributed by atoms with Crippen LogP contribution in [0.3, 0.4) is 0 Å². The van der Waals surface area contributed by atoms with Crippen molar-refractivity contribution < 1.29 is 9.84 Å². The maximum absolute atomic E-state index is 9.82. The van der Waals surface area contributed by atoms with E-state index in [0.717, 1.165) is 29.7 Å². The molecule has 0 aliphatic heterocycles. The lowest BCUT2D eigenvalue weighted by Crippen LogP contribution is -2.02. The van der Waals surface area contributed by atoms with Crippen molar-refractivity contribution in [2.24, 2.45) is 5.73 Å². The smallest absolute Gasteiger partial charge is 0.125 e. The lowest BCUT2D eigenvalue weighted by Gasteiger charge is -2.11. The number of rotatable bonds is 4. The molecule has 0 radical (unpaired) electrons. The summed E-state index contributed by atoms with van der Waals surface area (Å²) in [6.45, 7) is 2.50. The lowest BCUT2D eigenvalue weighted by atomic mass is 10.0. The number of phenols is 1. The van der Waals surface area contributed by atoms with E-state index < -0.39 is 0 Å². The summed E-state index contributed by atoms with van der Waals surface area (Å²) in [7, 11) is 1.61. The number of aryl methyl sites for hydroxylation is 1. The molecule has 0 aliphatic carbocycles. The molecule has 0 fully saturated rings. The van der Waals surface area contributed by atoms with E-state index in [4.69, 9.17) is 10.5 Å². The van der Waals surface area contributed by atoms with Crippen molar-refractivity contribution in [2.75, 3.05) is 13.7 Å². The summed E-state index contributed by atoms with van der Waals surface area (Å²) in [5.41, 5.74) is 7.17. The Hall–Kier alpha value is -1.22.